The first-order chi connectivity index (χ1) is 11.9. The topological polar surface area (TPSA) is 142 Å². The molecule has 2 aromatic heterocycles. The first-order valence-corrected chi connectivity index (χ1v) is 7.57. The van der Waals surface area contributed by atoms with Crippen LogP contribution in [0.4, 0.5) is 11.8 Å². The molecule has 9 nitrogen and oxygen atoms in total. The van der Waals surface area contributed by atoms with Crippen LogP contribution < -0.4 is 11.5 Å². The van der Waals surface area contributed by atoms with E-state index < -0.39 is 5.54 Å². The quantitative estimate of drug-likeness (QED) is 0.650. The van der Waals surface area contributed by atoms with E-state index in [1.165, 1.54) is 12.7 Å². The lowest BCUT2D eigenvalue weighted by Gasteiger charge is -2.23. The summed E-state index contributed by atoms with van der Waals surface area (Å²) in [5, 5.41) is 14.2. The molecule has 5 N–H and O–H groups in total. The minimum atomic E-state index is -0.669. The van der Waals surface area contributed by atoms with Crippen LogP contribution in [0.3, 0.4) is 0 Å². The molecule has 3 aromatic rings. The summed E-state index contributed by atoms with van der Waals surface area (Å²) >= 11 is 0. The first kappa shape index (κ1) is 16.7. The molecule has 0 aliphatic rings. The number of aromatic nitrogens is 5. The van der Waals surface area contributed by atoms with Gasteiger partial charge in [-0.05, 0) is 32.0 Å². The zero-order valence-corrected chi connectivity index (χ0v) is 13.9. The van der Waals surface area contributed by atoms with Crippen LogP contribution in [-0.2, 0) is 5.54 Å². The highest BCUT2D eigenvalue weighted by molar-refractivity contribution is 5.80. The third-order valence-corrected chi connectivity index (χ3v) is 3.66. The average molecular weight is 341 g/mol. The van der Waals surface area contributed by atoms with E-state index >= 15 is 0 Å². The van der Waals surface area contributed by atoms with Gasteiger partial charge in [-0.1, -0.05) is 0 Å². The van der Waals surface area contributed by atoms with Crippen LogP contribution in [0.1, 0.15) is 13.8 Å². The molecule has 0 atom stereocenters. The molecule has 0 amide bonds. The number of benzene rings is 1. The Morgan fingerprint density at radius 2 is 2.04 bits per heavy atom. The molecule has 1 aromatic carbocycles. The fourth-order valence-electron chi connectivity index (χ4n) is 2.15. The van der Waals surface area contributed by atoms with Crippen molar-refractivity contribution < 1.29 is 9.52 Å². The van der Waals surface area contributed by atoms with Crippen LogP contribution in [0.5, 0.6) is 0 Å². The summed E-state index contributed by atoms with van der Waals surface area (Å²) in [6.07, 6.45) is 2.81. The zero-order chi connectivity index (χ0) is 18.0. The van der Waals surface area contributed by atoms with E-state index in [-0.39, 0.29) is 18.4 Å². The molecule has 25 heavy (non-hydrogen) atoms. The van der Waals surface area contributed by atoms with Crippen LogP contribution in [0.15, 0.2) is 41.3 Å². The van der Waals surface area contributed by atoms with Crippen molar-refractivity contribution in [1.82, 2.24) is 24.7 Å². The maximum Gasteiger partial charge on any atom is 0.292 e. The van der Waals surface area contributed by atoms with Gasteiger partial charge in [0.25, 0.3) is 6.01 Å². The van der Waals surface area contributed by atoms with Crippen LogP contribution in [0.2, 0.25) is 0 Å². The van der Waals surface area contributed by atoms with Crippen molar-refractivity contribution in [3.05, 3.63) is 36.9 Å². The van der Waals surface area contributed by atoms with Gasteiger partial charge in [0.1, 0.15) is 24.0 Å². The van der Waals surface area contributed by atoms with E-state index in [9.17, 15) is 5.11 Å². The van der Waals surface area contributed by atoms with Gasteiger partial charge in [0, 0.05) is 11.6 Å². The highest BCUT2D eigenvalue weighted by Crippen LogP contribution is 2.24. The number of nitrogen functional groups attached to an aromatic ring is 2. The normalized spacial score (nSPS) is 11.5. The summed E-state index contributed by atoms with van der Waals surface area (Å²) in [7, 11) is 0. The lowest BCUT2D eigenvalue weighted by Crippen LogP contribution is -2.32. The molecule has 0 aliphatic heterocycles. The Balaban J connectivity index is 2.26. The first-order valence-electron chi connectivity index (χ1n) is 7.57. The monoisotopic (exact) mass is 341 g/mol. The van der Waals surface area contributed by atoms with Gasteiger partial charge in [-0.25, -0.2) is 14.6 Å². The Labute approximate surface area is 143 Å². The van der Waals surface area contributed by atoms with Gasteiger partial charge in [0.05, 0.1) is 17.8 Å². The minimum Gasteiger partial charge on any atom is -0.424 e. The second kappa shape index (κ2) is 6.36. The lowest BCUT2D eigenvalue weighted by molar-refractivity contribution is 0.150. The molecule has 3 rings (SSSR count). The molecule has 0 unspecified atom stereocenters. The van der Waals surface area contributed by atoms with Gasteiger partial charge in [-0.2, -0.15) is 10.1 Å². The summed E-state index contributed by atoms with van der Waals surface area (Å²) in [6, 6.07) is 7.08. The minimum absolute atomic E-state index is 0.0957. The van der Waals surface area contributed by atoms with E-state index in [4.69, 9.17) is 15.9 Å². The highest BCUT2D eigenvalue weighted by Gasteiger charge is 2.19. The van der Waals surface area contributed by atoms with Crippen molar-refractivity contribution in [1.29, 1.82) is 0 Å². The highest BCUT2D eigenvalue weighted by atomic mass is 16.4. The van der Waals surface area contributed by atoms with Crippen molar-refractivity contribution >= 4 is 22.9 Å². The predicted molar refractivity (Wildman–Crippen MR) is 93.7 cm³/mol. The van der Waals surface area contributed by atoms with Gasteiger partial charge in [-0.15, -0.1) is 0 Å². The van der Waals surface area contributed by atoms with E-state index in [1.54, 1.807) is 22.9 Å². The third kappa shape index (κ3) is 3.50. The van der Waals surface area contributed by atoms with Crippen molar-refractivity contribution in [2.24, 2.45) is 0 Å². The largest absolute Gasteiger partial charge is 0.424 e. The number of rotatable bonds is 3. The number of nitrogens with two attached hydrogens (primary N) is 2. The molecule has 2 heterocycles. The Hall–Kier alpha value is -3.20. The Morgan fingerprint density at radius 3 is 2.80 bits per heavy atom. The Bertz CT molecular complexity index is 960. The second-order valence-electron chi connectivity index (χ2n) is 6.11. The van der Waals surface area contributed by atoms with E-state index in [0.29, 0.717) is 16.8 Å². The summed E-state index contributed by atoms with van der Waals surface area (Å²) < 4.78 is 6.85. The van der Waals surface area contributed by atoms with Crippen LogP contribution in [0, 0.1) is 0 Å². The molecular formula is C16H19N7O2. The summed E-state index contributed by atoms with van der Waals surface area (Å²) in [5.74, 6) is 0.249. The molecule has 0 bridgehead atoms. The zero-order valence-electron chi connectivity index (χ0n) is 13.9. The van der Waals surface area contributed by atoms with Crippen molar-refractivity contribution in [3.8, 4) is 11.3 Å². The van der Waals surface area contributed by atoms with E-state index in [0.717, 1.165) is 5.56 Å². The van der Waals surface area contributed by atoms with Crippen molar-refractivity contribution in [3.63, 3.8) is 0 Å². The fraction of sp³-hybridized carbons (Fsp3) is 0.250. The molecule has 0 saturated heterocycles. The summed E-state index contributed by atoms with van der Waals surface area (Å²) in [6.45, 7) is 3.55. The van der Waals surface area contributed by atoms with E-state index in [1.807, 2.05) is 19.9 Å². The number of fused-ring (bicyclic) bond motifs is 1. The van der Waals surface area contributed by atoms with Crippen molar-refractivity contribution in [2.45, 2.75) is 19.4 Å². The number of oxazole rings is 1. The van der Waals surface area contributed by atoms with Gasteiger partial charge < -0.3 is 21.0 Å². The molecule has 9 heteroatoms. The second-order valence-corrected chi connectivity index (χ2v) is 6.11. The number of hydrogen-bond donors (Lipinski definition) is 3. The standard InChI is InChI=1S/C16H19N7O2/c1-16(2,7-24)23-9-19-8-20-14(17)6-11(22-23)10-3-4-13-12(5-10)21-15(18)25-13/h3-6,8-9,24H,7,17H2,1-2H3,(H2,18,21). The maximum absolute atomic E-state index is 9.65. The SMILES string of the molecule is CC(C)(CO)n1cncnc(N)cc(-c2ccc3oc(N)nc3c2)n1. The number of aliphatic hydroxyl groups is 1. The predicted octanol–water partition coefficient (Wildman–Crippen LogP) is 1.50. The maximum atomic E-state index is 9.65. The lowest BCUT2D eigenvalue weighted by atomic mass is 10.1. The Kier molecular flexibility index (Phi) is 4.24. The molecule has 130 valence electrons. The van der Waals surface area contributed by atoms with Gasteiger partial charge in [-0.3, -0.25) is 0 Å². The molecule has 0 fully saturated rings. The molecule has 0 saturated carbocycles. The Morgan fingerprint density at radius 1 is 1.24 bits per heavy atom. The number of hydrogen-bond acceptors (Lipinski definition) is 8. The van der Waals surface area contributed by atoms with Gasteiger partial charge in [0.15, 0.2) is 5.58 Å². The summed E-state index contributed by atoms with van der Waals surface area (Å²) in [4.78, 5) is 12.2. The number of aliphatic hydroxyl groups excluding tert-OH is 1. The average Bonchev–Trinajstić information content (AvgIpc) is 2.98. The third-order valence-electron chi connectivity index (χ3n) is 3.66. The van der Waals surface area contributed by atoms with E-state index in [2.05, 4.69) is 20.1 Å². The van der Waals surface area contributed by atoms with Crippen LogP contribution in [-0.4, -0.2) is 36.4 Å². The molecule has 0 aliphatic carbocycles. The van der Waals surface area contributed by atoms with Crippen molar-refractivity contribution in [2.75, 3.05) is 18.1 Å². The molecule has 0 radical (unpaired) electrons. The molecule has 0 spiro atoms. The fourth-order valence-corrected chi connectivity index (χ4v) is 2.15. The van der Waals surface area contributed by atoms with Crippen LogP contribution >= 0.6 is 0 Å². The van der Waals surface area contributed by atoms with Gasteiger partial charge >= 0.3 is 0 Å². The smallest absolute Gasteiger partial charge is 0.292 e. The van der Waals surface area contributed by atoms with Crippen LogP contribution in [0.25, 0.3) is 22.4 Å². The summed E-state index contributed by atoms with van der Waals surface area (Å²) in [5.41, 5.74) is 13.3. The van der Waals surface area contributed by atoms with Gasteiger partial charge in [0.2, 0.25) is 0 Å². The molecular weight excluding hydrogens is 322 g/mol. The number of nitrogens with zero attached hydrogens (tertiary/aromatic N) is 5. The number of anilines is 2.